The predicted molar refractivity (Wildman–Crippen MR) is 65.9 cm³/mol. The molecule has 2 aromatic rings. The van der Waals surface area contributed by atoms with Gasteiger partial charge in [-0.25, -0.2) is 4.79 Å². The van der Waals surface area contributed by atoms with Crippen molar-refractivity contribution >= 4 is 55.7 Å². The summed E-state index contributed by atoms with van der Waals surface area (Å²) >= 11 is 3.57. The van der Waals surface area contributed by atoms with Crippen molar-refractivity contribution in [3.05, 3.63) is 26.6 Å². The minimum absolute atomic E-state index is 0.309. The van der Waals surface area contributed by atoms with Crippen molar-refractivity contribution in [2.75, 3.05) is 5.73 Å². The maximum atomic E-state index is 10.8. The minimum atomic E-state index is -0.906. The van der Waals surface area contributed by atoms with Gasteiger partial charge in [0.2, 0.25) is 0 Å². The van der Waals surface area contributed by atoms with Crippen molar-refractivity contribution in [1.29, 1.82) is 0 Å². The Balaban J connectivity index is 2.80. The lowest BCUT2D eigenvalue weighted by molar-refractivity contribution is 0.0697. The second-order valence-electron chi connectivity index (χ2n) is 2.83. The Morgan fingerprint density at radius 2 is 2.21 bits per heavy atom. The topological polar surface area (TPSA) is 63.3 Å². The molecule has 0 spiro atoms. The molecule has 0 amide bonds. The Bertz CT molecular complexity index is 521. The number of benzene rings is 1. The summed E-state index contributed by atoms with van der Waals surface area (Å²) in [7, 11) is 0. The molecule has 0 radical (unpaired) electrons. The second-order valence-corrected chi connectivity index (χ2v) is 4.90. The van der Waals surface area contributed by atoms with Crippen LogP contribution in [0.15, 0.2) is 17.5 Å². The monoisotopic (exact) mass is 319 g/mol. The van der Waals surface area contributed by atoms with Crippen LogP contribution in [0.25, 0.3) is 10.1 Å². The zero-order valence-electron chi connectivity index (χ0n) is 6.95. The Hall–Kier alpha value is -0.820. The smallest absolute Gasteiger partial charge is 0.335 e. The van der Waals surface area contributed by atoms with Crippen LogP contribution in [-0.2, 0) is 0 Å². The number of carboxylic acid groups (broad SMARTS) is 1. The number of nitrogens with two attached hydrogens (primary N) is 1. The first kappa shape index (κ1) is 9.72. The molecule has 1 heterocycles. The minimum Gasteiger partial charge on any atom is -0.478 e. The van der Waals surface area contributed by atoms with Gasteiger partial charge in [-0.3, -0.25) is 0 Å². The van der Waals surface area contributed by atoms with Crippen molar-refractivity contribution in [3.8, 4) is 0 Å². The number of fused-ring (bicyclic) bond motifs is 1. The Morgan fingerprint density at radius 3 is 2.86 bits per heavy atom. The lowest BCUT2D eigenvalue weighted by Gasteiger charge is -1.99. The van der Waals surface area contributed by atoms with Crippen LogP contribution in [0.4, 0.5) is 5.69 Å². The molecule has 0 bridgehead atoms. The van der Waals surface area contributed by atoms with Gasteiger partial charge in [0.15, 0.2) is 0 Å². The van der Waals surface area contributed by atoms with Crippen molar-refractivity contribution in [2.24, 2.45) is 0 Å². The number of thiophene rings is 1. The summed E-state index contributed by atoms with van der Waals surface area (Å²) in [6.45, 7) is 0. The Morgan fingerprint density at radius 1 is 1.50 bits per heavy atom. The highest BCUT2D eigenvalue weighted by atomic mass is 127. The number of hydrogen-bond donors (Lipinski definition) is 2. The molecule has 3 nitrogen and oxygen atoms in total. The zero-order valence-corrected chi connectivity index (χ0v) is 9.93. The number of hydrogen-bond acceptors (Lipinski definition) is 3. The van der Waals surface area contributed by atoms with Crippen molar-refractivity contribution in [1.82, 2.24) is 0 Å². The summed E-state index contributed by atoms with van der Waals surface area (Å²) < 4.78 is 1.81. The van der Waals surface area contributed by atoms with E-state index in [2.05, 4.69) is 22.6 Å². The number of aromatic carboxylic acids is 1. The number of carbonyl (C=O) groups is 1. The third-order valence-corrected chi connectivity index (χ3v) is 3.70. The van der Waals surface area contributed by atoms with E-state index >= 15 is 0 Å². The predicted octanol–water partition coefficient (Wildman–Crippen LogP) is 2.79. The number of halogens is 1. The van der Waals surface area contributed by atoms with Crippen LogP contribution in [0, 0.1) is 3.57 Å². The summed E-state index contributed by atoms with van der Waals surface area (Å²) in [4.78, 5) is 10.8. The van der Waals surface area contributed by atoms with Crippen molar-refractivity contribution in [3.63, 3.8) is 0 Å². The molecule has 0 aliphatic carbocycles. The fourth-order valence-corrected chi connectivity index (χ4v) is 3.30. The van der Waals surface area contributed by atoms with Gasteiger partial charge in [0.25, 0.3) is 0 Å². The summed E-state index contributed by atoms with van der Waals surface area (Å²) in [6.07, 6.45) is 0. The Kier molecular flexibility index (Phi) is 2.36. The van der Waals surface area contributed by atoms with Gasteiger partial charge in [-0.05, 0) is 34.7 Å². The van der Waals surface area contributed by atoms with E-state index < -0.39 is 5.97 Å². The highest BCUT2D eigenvalue weighted by molar-refractivity contribution is 14.1. The molecule has 0 aliphatic heterocycles. The zero-order chi connectivity index (χ0) is 10.3. The first-order valence-corrected chi connectivity index (χ1v) is 5.75. The third-order valence-electron chi connectivity index (χ3n) is 1.90. The van der Waals surface area contributed by atoms with E-state index in [1.165, 1.54) is 11.3 Å². The normalized spacial score (nSPS) is 10.6. The molecule has 2 rings (SSSR count). The third kappa shape index (κ3) is 1.46. The lowest BCUT2D eigenvalue weighted by Crippen LogP contribution is -1.96. The summed E-state index contributed by atoms with van der Waals surface area (Å²) in [6, 6.07) is 3.29. The molecule has 1 aromatic heterocycles. The largest absolute Gasteiger partial charge is 0.478 e. The van der Waals surface area contributed by atoms with E-state index in [0.717, 1.165) is 13.7 Å². The van der Waals surface area contributed by atoms with Crippen LogP contribution in [-0.4, -0.2) is 11.1 Å². The van der Waals surface area contributed by atoms with Crippen molar-refractivity contribution < 1.29 is 9.90 Å². The molecule has 0 saturated carbocycles. The fourth-order valence-electron chi connectivity index (χ4n) is 1.26. The molecular weight excluding hydrogens is 313 g/mol. The highest BCUT2D eigenvalue weighted by Gasteiger charge is 2.10. The first-order chi connectivity index (χ1) is 6.59. The summed E-state index contributed by atoms with van der Waals surface area (Å²) in [5.74, 6) is -0.906. The van der Waals surface area contributed by atoms with Gasteiger partial charge >= 0.3 is 5.97 Å². The molecule has 0 aliphatic rings. The van der Waals surface area contributed by atoms with Crippen LogP contribution in [0.5, 0.6) is 0 Å². The van der Waals surface area contributed by atoms with Crippen molar-refractivity contribution in [2.45, 2.75) is 0 Å². The second kappa shape index (κ2) is 3.39. The standard InChI is InChI=1S/C9H6INO2S/c10-5-1-4(9(12)13)2-7-8(5)6(11)3-14-7/h1-3H,11H2,(H,12,13). The van der Waals surface area contributed by atoms with Gasteiger partial charge in [0.05, 0.1) is 11.3 Å². The van der Waals surface area contributed by atoms with Crippen LogP contribution < -0.4 is 5.73 Å². The van der Waals surface area contributed by atoms with E-state index in [-0.39, 0.29) is 0 Å². The average Bonchev–Trinajstić information content (AvgIpc) is 2.48. The molecule has 0 saturated heterocycles. The number of anilines is 1. The first-order valence-electron chi connectivity index (χ1n) is 3.79. The summed E-state index contributed by atoms with van der Waals surface area (Å²) in [5, 5.41) is 11.6. The van der Waals surface area contributed by atoms with E-state index in [1.54, 1.807) is 12.1 Å². The van der Waals surface area contributed by atoms with E-state index in [9.17, 15) is 4.79 Å². The molecule has 0 fully saturated rings. The Labute approximate surface area is 97.7 Å². The van der Waals surface area contributed by atoms with Gasteiger partial charge in [0.1, 0.15) is 0 Å². The van der Waals surface area contributed by atoms with Crippen LogP contribution in [0.1, 0.15) is 10.4 Å². The number of nitrogen functional groups attached to an aromatic ring is 1. The van der Waals surface area contributed by atoms with E-state index in [1.807, 2.05) is 5.38 Å². The average molecular weight is 319 g/mol. The van der Waals surface area contributed by atoms with E-state index in [0.29, 0.717) is 11.3 Å². The quantitative estimate of drug-likeness (QED) is 0.795. The molecule has 3 N–H and O–H groups in total. The van der Waals surface area contributed by atoms with Crippen LogP contribution in [0.2, 0.25) is 0 Å². The maximum absolute atomic E-state index is 10.8. The van der Waals surface area contributed by atoms with Gasteiger partial charge in [0, 0.05) is 19.0 Å². The molecule has 0 unspecified atom stereocenters. The highest BCUT2D eigenvalue weighted by Crippen LogP contribution is 2.32. The number of rotatable bonds is 1. The lowest BCUT2D eigenvalue weighted by atomic mass is 10.1. The van der Waals surface area contributed by atoms with Gasteiger partial charge in [-0.1, -0.05) is 0 Å². The fraction of sp³-hybridized carbons (Fsp3) is 0. The molecular formula is C9H6INO2S. The van der Waals surface area contributed by atoms with Gasteiger partial charge in [-0.2, -0.15) is 0 Å². The van der Waals surface area contributed by atoms with E-state index in [4.69, 9.17) is 10.8 Å². The summed E-state index contributed by atoms with van der Waals surface area (Å²) in [5.41, 5.74) is 6.78. The number of carboxylic acids is 1. The van der Waals surface area contributed by atoms with Crippen LogP contribution in [0.3, 0.4) is 0 Å². The molecule has 1 aromatic carbocycles. The SMILES string of the molecule is Nc1csc2cc(C(=O)O)cc(I)c12. The maximum Gasteiger partial charge on any atom is 0.335 e. The van der Waals surface area contributed by atoms with Gasteiger partial charge in [-0.15, -0.1) is 11.3 Å². The molecule has 72 valence electrons. The van der Waals surface area contributed by atoms with Gasteiger partial charge < -0.3 is 10.8 Å². The molecule has 14 heavy (non-hydrogen) atoms. The van der Waals surface area contributed by atoms with Crippen LogP contribution >= 0.6 is 33.9 Å². The molecule has 0 atom stereocenters. The molecule has 5 heteroatoms.